The molecule has 0 fully saturated rings. The average molecular weight is 401 g/mol. The van der Waals surface area contributed by atoms with E-state index in [0.29, 0.717) is 11.8 Å². The largest absolute Gasteiger partial charge is 0.0796 e. The molecule has 1 aliphatic carbocycles. The molecule has 0 aromatic heterocycles. The van der Waals surface area contributed by atoms with Crippen molar-refractivity contribution in [2.24, 2.45) is 5.92 Å². The molecular formula is C25H21Br. The van der Waals surface area contributed by atoms with Gasteiger partial charge in [-0.25, -0.2) is 0 Å². The Balaban J connectivity index is 1.65. The van der Waals surface area contributed by atoms with E-state index in [0.717, 1.165) is 10.9 Å². The van der Waals surface area contributed by atoms with Gasteiger partial charge in [0, 0.05) is 10.4 Å². The minimum Gasteiger partial charge on any atom is -0.0796 e. The van der Waals surface area contributed by atoms with Crippen LogP contribution in [-0.2, 0) is 0 Å². The Morgan fingerprint density at radius 2 is 1.42 bits per heavy atom. The van der Waals surface area contributed by atoms with Gasteiger partial charge >= 0.3 is 0 Å². The number of hydrogen-bond donors (Lipinski definition) is 0. The lowest BCUT2D eigenvalue weighted by molar-refractivity contribution is 0.635. The lowest BCUT2D eigenvalue weighted by Crippen LogP contribution is -2.03. The van der Waals surface area contributed by atoms with E-state index in [1.807, 2.05) is 0 Å². The van der Waals surface area contributed by atoms with Crippen LogP contribution >= 0.6 is 15.9 Å². The molecule has 0 radical (unpaired) electrons. The molecule has 4 rings (SSSR count). The minimum atomic E-state index is 0.426. The monoisotopic (exact) mass is 400 g/mol. The van der Waals surface area contributed by atoms with Crippen molar-refractivity contribution >= 4 is 27.6 Å². The molecule has 0 bridgehead atoms. The van der Waals surface area contributed by atoms with Crippen LogP contribution in [0, 0.1) is 5.92 Å². The van der Waals surface area contributed by atoms with Crippen molar-refractivity contribution in [1.29, 1.82) is 0 Å². The van der Waals surface area contributed by atoms with E-state index < -0.39 is 0 Å². The molecule has 128 valence electrons. The quantitative estimate of drug-likeness (QED) is 0.429. The van der Waals surface area contributed by atoms with Gasteiger partial charge in [-0.05, 0) is 46.7 Å². The molecule has 2 atom stereocenters. The summed E-state index contributed by atoms with van der Waals surface area (Å²) in [6, 6.07) is 30.1. The number of halogens is 1. The van der Waals surface area contributed by atoms with Gasteiger partial charge in [-0.2, -0.15) is 0 Å². The maximum Gasteiger partial charge on any atom is 0.0175 e. The summed E-state index contributed by atoms with van der Waals surface area (Å²) in [7, 11) is 0. The lowest BCUT2D eigenvalue weighted by Gasteiger charge is -2.16. The van der Waals surface area contributed by atoms with Gasteiger partial charge in [0.2, 0.25) is 0 Å². The summed E-state index contributed by atoms with van der Waals surface area (Å²) in [6.07, 6.45) is 8.18. The third-order valence-electron chi connectivity index (χ3n) is 5.03. The van der Waals surface area contributed by atoms with Crippen LogP contribution in [0.1, 0.15) is 29.0 Å². The van der Waals surface area contributed by atoms with Crippen LogP contribution in [0.15, 0.2) is 102 Å². The van der Waals surface area contributed by atoms with Crippen LogP contribution in [0.4, 0.5) is 0 Å². The molecule has 26 heavy (non-hydrogen) atoms. The molecule has 0 nitrogen and oxygen atoms in total. The molecule has 0 aliphatic heterocycles. The first kappa shape index (κ1) is 17.1. The fourth-order valence-electron chi connectivity index (χ4n) is 3.67. The topological polar surface area (TPSA) is 0 Å². The van der Waals surface area contributed by atoms with Gasteiger partial charge in [-0.15, -0.1) is 0 Å². The van der Waals surface area contributed by atoms with E-state index in [9.17, 15) is 0 Å². The van der Waals surface area contributed by atoms with Crippen molar-refractivity contribution in [3.05, 3.63) is 118 Å². The standard InChI is InChI=1S/C25H21Br/c26-24-15-13-20(14-16-24)23-17-22(12-11-19-7-3-1-4-8-19)25(18-23)21-9-5-2-6-10-21/h1-16,18,22,25H,17H2/b12-11+/t22-,25+/m1/s1. The van der Waals surface area contributed by atoms with Crippen LogP contribution < -0.4 is 0 Å². The van der Waals surface area contributed by atoms with Crippen molar-refractivity contribution in [1.82, 2.24) is 0 Å². The van der Waals surface area contributed by atoms with E-state index in [1.54, 1.807) is 0 Å². The Kier molecular flexibility index (Phi) is 5.17. The number of allylic oxidation sites excluding steroid dienone is 3. The SMILES string of the molecule is Brc1ccc(C2=C[C@@H](c3ccccc3)[C@H](/C=C/c3ccccc3)C2)cc1. The second kappa shape index (κ2) is 7.88. The maximum absolute atomic E-state index is 3.53. The third-order valence-corrected chi connectivity index (χ3v) is 5.56. The van der Waals surface area contributed by atoms with Crippen molar-refractivity contribution in [3.63, 3.8) is 0 Å². The summed E-state index contributed by atoms with van der Waals surface area (Å²) in [5, 5.41) is 0. The first-order valence-corrected chi connectivity index (χ1v) is 9.84. The predicted octanol–water partition coefficient (Wildman–Crippen LogP) is 7.35. The maximum atomic E-state index is 3.53. The number of hydrogen-bond acceptors (Lipinski definition) is 0. The second-order valence-electron chi connectivity index (χ2n) is 6.77. The zero-order valence-electron chi connectivity index (χ0n) is 14.6. The molecule has 0 saturated carbocycles. The fourth-order valence-corrected chi connectivity index (χ4v) is 3.94. The summed E-state index contributed by atoms with van der Waals surface area (Å²) >= 11 is 3.53. The van der Waals surface area contributed by atoms with Crippen LogP contribution in [0.5, 0.6) is 0 Å². The summed E-state index contributed by atoms with van der Waals surface area (Å²) in [5.41, 5.74) is 5.41. The summed E-state index contributed by atoms with van der Waals surface area (Å²) in [6.45, 7) is 0. The van der Waals surface area contributed by atoms with E-state index in [-0.39, 0.29) is 0 Å². The molecule has 0 unspecified atom stereocenters. The van der Waals surface area contributed by atoms with Gasteiger partial charge in [0.05, 0.1) is 0 Å². The Morgan fingerprint density at radius 1 is 0.769 bits per heavy atom. The average Bonchev–Trinajstić information content (AvgIpc) is 3.13. The Hall–Kier alpha value is -2.38. The molecule has 0 heterocycles. The van der Waals surface area contributed by atoms with Crippen molar-refractivity contribution in [3.8, 4) is 0 Å². The molecule has 1 heteroatoms. The zero-order valence-corrected chi connectivity index (χ0v) is 16.1. The van der Waals surface area contributed by atoms with E-state index in [4.69, 9.17) is 0 Å². The van der Waals surface area contributed by atoms with Crippen LogP contribution in [0.25, 0.3) is 11.6 Å². The highest BCUT2D eigenvalue weighted by Gasteiger charge is 2.27. The fraction of sp³-hybridized carbons (Fsp3) is 0.120. The smallest absolute Gasteiger partial charge is 0.0175 e. The molecule has 0 N–H and O–H groups in total. The molecular weight excluding hydrogens is 380 g/mol. The number of rotatable bonds is 4. The summed E-state index contributed by atoms with van der Waals surface area (Å²) in [5.74, 6) is 0.908. The van der Waals surface area contributed by atoms with Crippen molar-refractivity contribution in [2.45, 2.75) is 12.3 Å². The second-order valence-corrected chi connectivity index (χ2v) is 7.69. The van der Waals surface area contributed by atoms with Gasteiger partial charge in [0.25, 0.3) is 0 Å². The minimum absolute atomic E-state index is 0.426. The van der Waals surface area contributed by atoms with E-state index >= 15 is 0 Å². The highest BCUT2D eigenvalue weighted by Crippen LogP contribution is 2.43. The number of benzene rings is 3. The van der Waals surface area contributed by atoms with Gasteiger partial charge in [0.15, 0.2) is 0 Å². The van der Waals surface area contributed by atoms with Gasteiger partial charge in [-0.1, -0.05) is 107 Å². The van der Waals surface area contributed by atoms with Crippen molar-refractivity contribution < 1.29 is 0 Å². The van der Waals surface area contributed by atoms with E-state index in [1.165, 1.54) is 22.3 Å². The molecule has 0 amide bonds. The third kappa shape index (κ3) is 3.89. The molecule has 3 aromatic rings. The van der Waals surface area contributed by atoms with Gasteiger partial charge in [0.1, 0.15) is 0 Å². The Bertz CT molecular complexity index is 905. The first-order chi connectivity index (χ1) is 12.8. The zero-order chi connectivity index (χ0) is 17.8. The van der Waals surface area contributed by atoms with Gasteiger partial charge < -0.3 is 0 Å². The van der Waals surface area contributed by atoms with E-state index in [2.05, 4.69) is 119 Å². The highest BCUT2D eigenvalue weighted by atomic mass is 79.9. The molecule has 1 aliphatic rings. The Labute approximate surface area is 164 Å². The van der Waals surface area contributed by atoms with Crippen LogP contribution in [0.3, 0.4) is 0 Å². The summed E-state index contributed by atoms with van der Waals surface area (Å²) < 4.78 is 1.12. The predicted molar refractivity (Wildman–Crippen MR) is 115 cm³/mol. The van der Waals surface area contributed by atoms with Crippen molar-refractivity contribution in [2.75, 3.05) is 0 Å². The van der Waals surface area contributed by atoms with Crippen LogP contribution in [0.2, 0.25) is 0 Å². The normalized spacial score (nSPS) is 19.7. The molecule has 3 aromatic carbocycles. The van der Waals surface area contributed by atoms with Crippen LogP contribution in [-0.4, -0.2) is 0 Å². The Morgan fingerprint density at radius 3 is 2.12 bits per heavy atom. The van der Waals surface area contributed by atoms with Gasteiger partial charge in [-0.3, -0.25) is 0 Å². The first-order valence-electron chi connectivity index (χ1n) is 9.04. The lowest BCUT2D eigenvalue weighted by atomic mass is 9.88. The highest BCUT2D eigenvalue weighted by molar-refractivity contribution is 9.10. The molecule has 0 spiro atoms. The summed E-state index contributed by atoms with van der Waals surface area (Å²) in [4.78, 5) is 0. The molecule has 0 saturated heterocycles.